The van der Waals surface area contributed by atoms with E-state index >= 15 is 0 Å². The highest BCUT2D eigenvalue weighted by Gasteiger charge is 2.12. The van der Waals surface area contributed by atoms with Gasteiger partial charge in [0.05, 0.1) is 13.2 Å². The standard InChI is InChI=1S/C10H11BrFNO/c11-8-5-9(12)7-10(6-8)13-1-3-14-4-2-13/h5-7H,1-4H2. The summed E-state index contributed by atoms with van der Waals surface area (Å²) in [5, 5.41) is 0. The quantitative estimate of drug-likeness (QED) is 0.768. The lowest BCUT2D eigenvalue weighted by molar-refractivity contribution is 0.122. The molecule has 0 radical (unpaired) electrons. The zero-order valence-corrected chi connectivity index (χ0v) is 9.26. The summed E-state index contributed by atoms with van der Waals surface area (Å²) in [6.45, 7) is 3.09. The maximum atomic E-state index is 13.1. The summed E-state index contributed by atoms with van der Waals surface area (Å²) in [6, 6.07) is 4.94. The lowest BCUT2D eigenvalue weighted by Crippen LogP contribution is -2.36. The molecule has 4 heteroatoms. The van der Waals surface area contributed by atoms with Crippen molar-refractivity contribution in [3.05, 3.63) is 28.5 Å². The SMILES string of the molecule is Fc1cc(Br)cc(N2CCOCC2)c1. The molecular weight excluding hydrogens is 249 g/mol. The van der Waals surface area contributed by atoms with E-state index < -0.39 is 0 Å². The maximum Gasteiger partial charge on any atom is 0.126 e. The van der Waals surface area contributed by atoms with E-state index in [1.54, 1.807) is 6.07 Å². The van der Waals surface area contributed by atoms with Gasteiger partial charge >= 0.3 is 0 Å². The summed E-state index contributed by atoms with van der Waals surface area (Å²) < 4.78 is 19.1. The summed E-state index contributed by atoms with van der Waals surface area (Å²) in [7, 11) is 0. The van der Waals surface area contributed by atoms with Crippen LogP contribution in [0.4, 0.5) is 10.1 Å². The van der Waals surface area contributed by atoms with Crippen LogP contribution in [0.25, 0.3) is 0 Å². The van der Waals surface area contributed by atoms with Gasteiger partial charge < -0.3 is 9.64 Å². The molecule has 1 aromatic carbocycles. The third kappa shape index (κ3) is 2.25. The molecule has 2 nitrogen and oxygen atoms in total. The molecule has 1 aliphatic rings. The van der Waals surface area contributed by atoms with Gasteiger partial charge in [-0.25, -0.2) is 4.39 Å². The molecule has 0 aliphatic carbocycles. The van der Waals surface area contributed by atoms with E-state index in [4.69, 9.17) is 4.74 Å². The van der Waals surface area contributed by atoms with E-state index in [2.05, 4.69) is 20.8 Å². The van der Waals surface area contributed by atoms with Crippen molar-refractivity contribution in [2.24, 2.45) is 0 Å². The second-order valence-electron chi connectivity index (χ2n) is 3.23. The van der Waals surface area contributed by atoms with Crippen molar-refractivity contribution >= 4 is 21.6 Å². The van der Waals surface area contributed by atoms with Crippen LogP contribution in [0.15, 0.2) is 22.7 Å². The average Bonchev–Trinajstić information content (AvgIpc) is 2.18. The van der Waals surface area contributed by atoms with Gasteiger partial charge in [-0.15, -0.1) is 0 Å². The Morgan fingerprint density at radius 3 is 2.57 bits per heavy atom. The Hall–Kier alpha value is -0.610. The molecule has 0 bridgehead atoms. The van der Waals surface area contributed by atoms with Gasteiger partial charge in [0, 0.05) is 23.2 Å². The van der Waals surface area contributed by atoms with Gasteiger partial charge in [-0.3, -0.25) is 0 Å². The number of rotatable bonds is 1. The summed E-state index contributed by atoms with van der Waals surface area (Å²) in [5.41, 5.74) is 0.917. The van der Waals surface area contributed by atoms with Crippen LogP contribution in [0.5, 0.6) is 0 Å². The first-order valence-corrected chi connectivity index (χ1v) is 5.34. The van der Waals surface area contributed by atoms with Crippen LogP contribution in [-0.2, 0) is 4.74 Å². The van der Waals surface area contributed by atoms with Crippen LogP contribution >= 0.6 is 15.9 Å². The van der Waals surface area contributed by atoms with Crippen molar-refractivity contribution in [3.63, 3.8) is 0 Å². The largest absolute Gasteiger partial charge is 0.378 e. The van der Waals surface area contributed by atoms with Gasteiger partial charge in [0.2, 0.25) is 0 Å². The van der Waals surface area contributed by atoms with E-state index in [1.807, 2.05) is 6.07 Å². The van der Waals surface area contributed by atoms with Gasteiger partial charge in [-0.05, 0) is 18.2 Å². The Labute approximate surface area is 90.8 Å². The smallest absolute Gasteiger partial charge is 0.126 e. The van der Waals surface area contributed by atoms with E-state index in [0.29, 0.717) is 13.2 Å². The zero-order valence-electron chi connectivity index (χ0n) is 7.67. The first kappa shape index (κ1) is 9.93. The zero-order chi connectivity index (χ0) is 9.97. The summed E-state index contributed by atoms with van der Waals surface area (Å²) >= 11 is 3.28. The topological polar surface area (TPSA) is 12.5 Å². The molecule has 0 atom stereocenters. The fourth-order valence-electron chi connectivity index (χ4n) is 1.54. The first-order valence-electron chi connectivity index (χ1n) is 4.54. The van der Waals surface area contributed by atoms with Crippen molar-refractivity contribution in [1.29, 1.82) is 0 Å². The van der Waals surface area contributed by atoms with Crippen molar-refractivity contribution in [1.82, 2.24) is 0 Å². The van der Waals surface area contributed by atoms with Crippen LogP contribution in [0.1, 0.15) is 0 Å². The minimum Gasteiger partial charge on any atom is -0.378 e. The van der Waals surface area contributed by atoms with E-state index in [0.717, 1.165) is 23.2 Å². The second-order valence-corrected chi connectivity index (χ2v) is 4.14. The first-order chi connectivity index (χ1) is 6.75. The minimum atomic E-state index is -0.208. The van der Waals surface area contributed by atoms with Crippen molar-refractivity contribution < 1.29 is 9.13 Å². The highest BCUT2D eigenvalue weighted by molar-refractivity contribution is 9.10. The number of nitrogens with zero attached hydrogens (tertiary/aromatic N) is 1. The van der Waals surface area contributed by atoms with E-state index in [1.165, 1.54) is 6.07 Å². The van der Waals surface area contributed by atoms with Gasteiger partial charge in [-0.2, -0.15) is 0 Å². The van der Waals surface area contributed by atoms with Gasteiger partial charge in [0.25, 0.3) is 0 Å². The lowest BCUT2D eigenvalue weighted by Gasteiger charge is -2.28. The van der Waals surface area contributed by atoms with Crippen LogP contribution in [0.3, 0.4) is 0 Å². The number of benzene rings is 1. The monoisotopic (exact) mass is 259 g/mol. The van der Waals surface area contributed by atoms with Crippen LogP contribution in [0, 0.1) is 5.82 Å². The Morgan fingerprint density at radius 1 is 1.21 bits per heavy atom. The third-order valence-corrected chi connectivity index (χ3v) is 2.68. The number of morpholine rings is 1. The highest BCUT2D eigenvalue weighted by atomic mass is 79.9. The molecule has 0 amide bonds. The predicted molar refractivity (Wildman–Crippen MR) is 57.1 cm³/mol. The molecular formula is C10H11BrFNO. The lowest BCUT2D eigenvalue weighted by atomic mass is 10.2. The molecule has 0 aromatic heterocycles. The fourth-order valence-corrected chi connectivity index (χ4v) is 2.00. The number of ether oxygens (including phenoxy) is 1. The highest BCUT2D eigenvalue weighted by Crippen LogP contribution is 2.22. The Morgan fingerprint density at radius 2 is 1.93 bits per heavy atom. The molecule has 0 unspecified atom stereocenters. The molecule has 0 saturated carbocycles. The number of hydrogen-bond donors (Lipinski definition) is 0. The molecule has 0 N–H and O–H groups in total. The molecule has 1 fully saturated rings. The molecule has 2 rings (SSSR count). The molecule has 1 heterocycles. The van der Waals surface area contributed by atoms with Crippen molar-refractivity contribution in [2.45, 2.75) is 0 Å². The second kappa shape index (κ2) is 4.28. The number of halogens is 2. The van der Waals surface area contributed by atoms with Gasteiger partial charge in [-0.1, -0.05) is 15.9 Å². The van der Waals surface area contributed by atoms with Crippen molar-refractivity contribution in [2.75, 3.05) is 31.2 Å². The predicted octanol–water partition coefficient (Wildman–Crippen LogP) is 2.42. The summed E-state index contributed by atoms with van der Waals surface area (Å²) in [6.07, 6.45) is 0. The molecule has 76 valence electrons. The van der Waals surface area contributed by atoms with E-state index in [9.17, 15) is 4.39 Å². The van der Waals surface area contributed by atoms with Gasteiger partial charge in [0.15, 0.2) is 0 Å². The van der Waals surface area contributed by atoms with Crippen LogP contribution in [0.2, 0.25) is 0 Å². The molecule has 1 aromatic rings. The minimum absolute atomic E-state index is 0.208. The van der Waals surface area contributed by atoms with Gasteiger partial charge in [0.1, 0.15) is 5.82 Å². The maximum absolute atomic E-state index is 13.1. The molecule has 14 heavy (non-hydrogen) atoms. The Kier molecular flexibility index (Phi) is 3.03. The molecule has 1 saturated heterocycles. The van der Waals surface area contributed by atoms with E-state index in [-0.39, 0.29) is 5.82 Å². The fraction of sp³-hybridized carbons (Fsp3) is 0.400. The molecule has 1 aliphatic heterocycles. The van der Waals surface area contributed by atoms with Crippen LogP contribution in [-0.4, -0.2) is 26.3 Å². The average molecular weight is 260 g/mol. The third-order valence-electron chi connectivity index (χ3n) is 2.22. The van der Waals surface area contributed by atoms with Crippen molar-refractivity contribution in [3.8, 4) is 0 Å². The number of hydrogen-bond acceptors (Lipinski definition) is 2. The normalized spacial score (nSPS) is 17.1. The molecule has 0 spiro atoms. The Bertz CT molecular complexity index is 306. The summed E-state index contributed by atoms with van der Waals surface area (Å²) in [4.78, 5) is 2.12. The van der Waals surface area contributed by atoms with Crippen LogP contribution < -0.4 is 4.90 Å². The number of anilines is 1. The Balaban J connectivity index is 2.21. The summed E-state index contributed by atoms with van der Waals surface area (Å²) in [5.74, 6) is -0.208.